The third-order valence-corrected chi connectivity index (χ3v) is 2.23. The number of hydrogen-bond donors (Lipinski definition) is 1. The lowest BCUT2D eigenvalue weighted by molar-refractivity contribution is -0.124. The van der Waals surface area contributed by atoms with Crippen molar-refractivity contribution >= 4 is 11.6 Å². The number of nitrogens with two attached hydrogens (primary N) is 1. The number of ketones is 2. The molecule has 0 amide bonds. The first kappa shape index (κ1) is 8.36. The predicted molar refractivity (Wildman–Crippen MR) is 37.8 cm³/mol. The van der Waals surface area contributed by atoms with Crippen molar-refractivity contribution in [3.05, 3.63) is 0 Å². The van der Waals surface area contributed by atoms with Gasteiger partial charge in [0.05, 0.1) is 0 Å². The molecule has 0 spiro atoms. The van der Waals surface area contributed by atoms with Gasteiger partial charge in [-0.1, -0.05) is 0 Å². The molecule has 0 bridgehead atoms. The largest absolute Gasteiger partial charge is 0.331 e. The molecular formula is C7H11NO3. The maximum absolute atomic E-state index is 10.9. The maximum Gasteiger partial charge on any atom is 0.213 e. The Morgan fingerprint density at radius 1 is 1.27 bits per heavy atom. The molecule has 0 saturated carbocycles. The number of ether oxygens (including phenoxy) is 1. The van der Waals surface area contributed by atoms with Crippen LogP contribution >= 0.6 is 0 Å². The molecule has 0 aromatic heterocycles. The second kappa shape index (κ2) is 1.89. The summed E-state index contributed by atoms with van der Waals surface area (Å²) in [6.45, 7) is 4.20. The van der Waals surface area contributed by atoms with E-state index in [1.54, 1.807) is 0 Å². The second-order valence-electron chi connectivity index (χ2n) is 2.98. The summed E-state index contributed by atoms with van der Waals surface area (Å²) in [4.78, 5) is 21.7. The van der Waals surface area contributed by atoms with Crippen molar-refractivity contribution < 1.29 is 14.3 Å². The van der Waals surface area contributed by atoms with Gasteiger partial charge in [-0.3, -0.25) is 15.3 Å². The lowest BCUT2D eigenvalue weighted by atomic mass is 9.96. The normalized spacial score (nSPS) is 41.8. The topological polar surface area (TPSA) is 72.7 Å². The van der Waals surface area contributed by atoms with Crippen LogP contribution in [0.3, 0.4) is 0 Å². The van der Waals surface area contributed by atoms with Crippen molar-refractivity contribution in [1.29, 1.82) is 0 Å². The van der Waals surface area contributed by atoms with E-state index in [4.69, 9.17) is 10.5 Å². The predicted octanol–water partition coefficient (Wildman–Crippen LogP) is -0.392. The number of hydrogen-bond acceptors (Lipinski definition) is 4. The molecule has 11 heavy (non-hydrogen) atoms. The fourth-order valence-corrected chi connectivity index (χ4v) is 1.04. The average molecular weight is 157 g/mol. The molecule has 1 rings (SSSR count). The molecular weight excluding hydrogens is 146 g/mol. The van der Waals surface area contributed by atoms with Gasteiger partial charge in [-0.05, 0) is 20.8 Å². The van der Waals surface area contributed by atoms with Crippen LogP contribution in [0.4, 0.5) is 0 Å². The van der Waals surface area contributed by atoms with Crippen molar-refractivity contribution in [2.45, 2.75) is 32.1 Å². The van der Waals surface area contributed by atoms with Gasteiger partial charge in [0.2, 0.25) is 5.72 Å². The Morgan fingerprint density at radius 3 is 1.82 bits per heavy atom. The number of carbonyl (C=O) groups excluding carboxylic acids is 2. The summed E-state index contributed by atoms with van der Waals surface area (Å²) < 4.78 is 4.89. The Hall–Kier alpha value is -0.740. The Balaban J connectivity index is 2.87. The van der Waals surface area contributed by atoms with Gasteiger partial charge in [0.15, 0.2) is 17.2 Å². The summed E-state index contributed by atoms with van der Waals surface area (Å²) in [6, 6.07) is 0. The van der Waals surface area contributed by atoms with Gasteiger partial charge >= 0.3 is 0 Å². The van der Waals surface area contributed by atoms with E-state index in [1.165, 1.54) is 20.8 Å². The quantitative estimate of drug-likeness (QED) is 0.554. The second-order valence-corrected chi connectivity index (χ2v) is 2.98. The van der Waals surface area contributed by atoms with E-state index in [0.29, 0.717) is 0 Å². The Labute approximate surface area is 64.7 Å². The van der Waals surface area contributed by atoms with Crippen LogP contribution in [0.15, 0.2) is 0 Å². The highest BCUT2D eigenvalue weighted by Gasteiger charge is 2.71. The minimum Gasteiger partial charge on any atom is -0.331 e. The minimum absolute atomic E-state index is 0.213. The van der Waals surface area contributed by atoms with Crippen molar-refractivity contribution in [2.24, 2.45) is 5.73 Å². The van der Waals surface area contributed by atoms with Crippen LogP contribution in [0, 0.1) is 0 Å². The molecule has 2 atom stereocenters. The van der Waals surface area contributed by atoms with Gasteiger partial charge in [0.1, 0.15) is 0 Å². The number of carbonyl (C=O) groups is 2. The lowest BCUT2D eigenvalue weighted by Gasteiger charge is -2.04. The van der Waals surface area contributed by atoms with Gasteiger partial charge < -0.3 is 4.74 Å². The highest BCUT2D eigenvalue weighted by atomic mass is 16.7. The van der Waals surface area contributed by atoms with Crippen molar-refractivity contribution in [3.8, 4) is 0 Å². The highest BCUT2D eigenvalue weighted by Crippen LogP contribution is 2.44. The van der Waals surface area contributed by atoms with Crippen molar-refractivity contribution in [1.82, 2.24) is 0 Å². The average Bonchev–Trinajstić information content (AvgIpc) is 2.39. The first-order valence-corrected chi connectivity index (χ1v) is 3.36. The van der Waals surface area contributed by atoms with Gasteiger partial charge in [0.25, 0.3) is 0 Å². The highest BCUT2D eigenvalue weighted by molar-refractivity contribution is 6.01. The summed E-state index contributed by atoms with van der Waals surface area (Å²) >= 11 is 0. The van der Waals surface area contributed by atoms with E-state index in [-0.39, 0.29) is 11.6 Å². The molecule has 0 aromatic carbocycles. The third kappa shape index (κ3) is 0.829. The van der Waals surface area contributed by atoms with Gasteiger partial charge in [0, 0.05) is 0 Å². The molecule has 0 unspecified atom stereocenters. The minimum atomic E-state index is -1.36. The molecule has 0 radical (unpaired) electrons. The zero-order chi connectivity index (χ0) is 8.86. The van der Waals surface area contributed by atoms with E-state index in [2.05, 4.69) is 0 Å². The molecule has 1 aliphatic heterocycles. The zero-order valence-electron chi connectivity index (χ0n) is 6.80. The van der Waals surface area contributed by atoms with Gasteiger partial charge in [-0.2, -0.15) is 0 Å². The molecule has 4 heteroatoms. The zero-order valence-corrected chi connectivity index (χ0v) is 6.80. The summed E-state index contributed by atoms with van der Waals surface area (Å²) in [5.74, 6) is -0.523. The summed E-state index contributed by atoms with van der Waals surface area (Å²) in [5.41, 5.74) is 3.03. The third-order valence-electron chi connectivity index (χ3n) is 2.23. The molecule has 0 aliphatic carbocycles. The molecule has 1 aliphatic rings. The summed E-state index contributed by atoms with van der Waals surface area (Å²) in [5, 5.41) is 0. The number of rotatable bonds is 2. The van der Waals surface area contributed by atoms with Crippen LogP contribution in [-0.4, -0.2) is 22.9 Å². The maximum atomic E-state index is 10.9. The van der Waals surface area contributed by atoms with Gasteiger partial charge in [-0.15, -0.1) is 0 Å². The Bertz CT molecular complexity index is 214. The first-order chi connectivity index (χ1) is 4.84. The fourth-order valence-electron chi connectivity index (χ4n) is 1.04. The lowest BCUT2D eigenvalue weighted by Crippen LogP contribution is -2.43. The molecule has 62 valence electrons. The van der Waals surface area contributed by atoms with Crippen molar-refractivity contribution in [3.63, 3.8) is 0 Å². The van der Waals surface area contributed by atoms with Crippen LogP contribution in [0.25, 0.3) is 0 Å². The van der Waals surface area contributed by atoms with E-state index < -0.39 is 11.3 Å². The van der Waals surface area contributed by atoms with E-state index in [0.717, 1.165) is 0 Å². The molecule has 1 saturated heterocycles. The molecule has 4 nitrogen and oxygen atoms in total. The molecule has 1 heterocycles. The Morgan fingerprint density at radius 2 is 1.73 bits per heavy atom. The van der Waals surface area contributed by atoms with Crippen LogP contribution in [0.5, 0.6) is 0 Å². The van der Waals surface area contributed by atoms with E-state index >= 15 is 0 Å². The van der Waals surface area contributed by atoms with Crippen LogP contribution < -0.4 is 5.73 Å². The fraction of sp³-hybridized carbons (Fsp3) is 0.714. The smallest absolute Gasteiger partial charge is 0.213 e. The first-order valence-electron chi connectivity index (χ1n) is 3.36. The molecule has 1 fully saturated rings. The Kier molecular flexibility index (Phi) is 1.44. The van der Waals surface area contributed by atoms with Crippen LogP contribution in [-0.2, 0) is 14.3 Å². The summed E-state index contributed by atoms with van der Waals surface area (Å²) in [7, 11) is 0. The van der Waals surface area contributed by atoms with Crippen LogP contribution in [0.1, 0.15) is 20.8 Å². The monoisotopic (exact) mass is 157 g/mol. The molecule has 2 N–H and O–H groups in total. The number of epoxide rings is 1. The molecule has 0 aromatic rings. The van der Waals surface area contributed by atoms with E-state index in [1.807, 2.05) is 0 Å². The van der Waals surface area contributed by atoms with Gasteiger partial charge in [-0.25, -0.2) is 0 Å². The number of Topliss-reactive ketones (excluding diaryl/α,β-unsaturated/α-hetero) is 2. The van der Waals surface area contributed by atoms with E-state index in [9.17, 15) is 9.59 Å². The SMILES string of the molecule is CC(=O)[C@@]1(C)O[C@]1(N)C(C)=O. The van der Waals surface area contributed by atoms with Crippen LogP contribution in [0.2, 0.25) is 0 Å². The summed E-state index contributed by atoms with van der Waals surface area (Å²) in [6.07, 6.45) is 0. The van der Waals surface area contributed by atoms with Crippen molar-refractivity contribution in [2.75, 3.05) is 0 Å². The standard InChI is InChI=1S/C7H11NO3/c1-4(9)6(3)7(8,11-6)5(2)10/h8H2,1-3H3/t6-,7-/m1/s1.